The van der Waals surface area contributed by atoms with Crippen molar-refractivity contribution in [2.24, 2.45) is 0 Å². The van der Waals surface area contributed by atoms with Crippen molar-refractivity contribution >= 4 is 11.9 Å². The van der Waals surface area contributed by atoms with Crippen LogP contribution in [0.5, 0.6) is 5.75 Å². The topological polar surface area (TPSA) is 66.8 Å². The van der Waals surface area contributed by atoms with Crippen LogP contribution < -0.4 is 4.74 Å². The maximum Gasteiger partial charge on any atom is 0.323 e. The smallest absolute Gasteiger partial charge is 0.323 e. The number of amides is 1. The molecule has 1 aromatic carbocycles. The van der Waals surface area contributed by atoms with Crippen molar-refractivity contribution in [2.75, 3.05) is 19.7 Å². The van der Waals surface area contributed by atoms with E-state index < -0.39 is 5.97 Å². The summed E-state index contributed by atoms with van der Waals surface area (Å²) in [6.45, 7) is 6.09. The highest BCUT2D eigenvalue weighted by Crippen LogP contribution is 2.18. The molecule has 0 fully saturated rings. The maximum absolute atomic E-state index is 12.0. The third-order valence-electron chi connectivity index (χ3n) is 3.08. The fourth-order valence-electron chi connectivity index (χ4n) is 1.91. The summed E-state index contributed by atoms with van der Waals surface area (Å²) in [4.78, 5) is 24.0. The summed E-state index contributed by atoms with van der Waals surface area (Å²) in [5.41, 5.74) is 1.20. The molecule has 0 bridgehead atoms. The van der Waals surface area contributed by atoms with Gasteiger partial charge in [-0.3, -0.25) is 9.59 Å². The standard InChI is InChI=1S/C16H23NO4/c1-4-9-17(10-16(19)20)15(18)11-21-14-7-5-13(6-8-14)12(2)3/h5-8,12H,4,9-11H2,1-3H3,(H,19,20). The van der Waals surface area contributed by atoms with E-state index >= 15 is 0 Å². The minimum absolute atomic E-state index is 0.145. The van der Waals surface area contributed by atoms with Gasteiger partial charge in [0.05, 0.1) is 0 Å². The molecule has 1 N–H and O–H groups in total. The number of carbonyl (C=O) groups is 2. The number of carboxylic acid groups (broad SMARTS) is 1. The first kappa shape index (κ1) is 17.0. The van der Waals surface area contributed by atoms with Crippen LogP contribution in [0, 0.1) is 0 Å². The van der Waals surface area contributed by atoms with Crippen LogP contribution in [0.15, 0.2) is 24.3 Å². The van der Waals surface area contributed by atoms with E-state index in [2.05, 4.69) is 13.8 Å². The normalized spacial score (nSPS) is 10.5. The lowest BCUT2D eigenvalue weighted by atomic mass is 10.0. The van der Waals surface area contributed by atoms with Crippen molar-refractivity contribution in [3.05, 3.63) is 29.8 Å². The summed E-state index contributed by atoms with van der Waals surface area (Å²) in [6.07, 6.45) is 0.710. The Kier molecular flexibility index (Phi) is 6.72. The molecule has 0 radical (unpaired) electrons. The second-order valence-electron chi connectivity index (χ2n) is 5.22. The molecule has 0 spiro atoms. The van der Waals surface area contributed by atoms with E-state index in [0.717, 1.165) is 0 Å². The van der Waals surface area contributed by atoms with Gasteiger partial charge in [-0.05, 0) is 30.0 Å². The Balaban J connectivity index is 2.55. The fourth-order valence-corrected chi connectivity index (χ4v) is 1.91. The Hall–Kier alpha value is -2.04. The molecule has 0 aromatic heterocycles. The first-order valence-electron chi connectivity index (χ1n) is 7.16. The zero-order valence-corrected chi connectivity index (χ0v) is 12.8. The van der Waals surface area contributed by atoms with Gasteiger partial charge in [-0.1, -0.05) is 32.9 Å². The Labute approximate surface area is 125 Å². The molecule has 1 amide bonds. The lowest BCUT2D eigenvalue weighted by Gasteiger charge is -2.20. The average Bonchev–Trinajstić information content (AvgIpc) is 2.44. The number of carbonyl (C=O) groups excluding carboxylic acids is 1. The van der Waals surface area contributed by atoms with Crippen molar-refractivity contribution in [1.29, 1.82) is 0 Å². The highest BCUT2D eigenvalue weighted by molar-refractivity contribution is 5.82. The predicted octanol–water partition coefficient (Wildman–Crippen LogP) is 2.51. The number of benzene rings is 1. The minimum Gasteiger partial charge on any atom is -0.484 e. The van der Waals surface area contributed by atoms with Gasteiger partial charge in [-0.2, -0.15) is 0 Å². The molecule has 21 heavy (non-hydrogen) atoms. The summed E-state index contributed by atoms with van der Waals surface area (Å²) < 4.78 is 5.43. The van der Waals surface area contributed by atoms with Gasteiger partial charge in [0.15, 0.2) is 6.61 Å². The third-order valence-corrected chi connectivity index (χ3v) is 3.08. The third kappa shape index (κ3) is 5.85. The molecular weight excluding hydrogens is 270 g/mol. The molecule has 0 saturated carbocycles. The zero-order valence-electron chi connectivity index (χ0n) is 12.8. The first-order valence-corrected chi connectivity index (χ1v) is 7.16. The van der Waals surface area contributed by atoms with Gasteiger partial charge in [-0.15, -0.1) is 0 Å². The van der Waals surface area contributed by atoms with Crippen LogP contribution in [0.2, 0.25) is 0 Å². The van der Waals surface area contributed by atoms with E-state index in [0.29, 0.717) is 24.6 Å². The monoisotopic (exact) mass is 293 g/mol. The van der Waals surface area contributed by atoms with E-state index in [1.165, 1.54) is 10.5 Å². The summed E-state index contributed by atoms with van der Waals surface area (Å²) >= 11 is 0. The SMILES string of the molecule is CCCN(CC(=O)O)C(=O)COc1ccc(C(C)C)cc1. The highest BCUT2D eigenvalue weighted by Gasteiger charge is 2.16. The van der Waals surface area contributed by atoms with Crippen LogP contribution in [0.25, 0.3) is 0 Å². The minimum atomic E-state index is -1.02. The molecule has 0 aliphatic heterocycles. The van der Waals surface area contributed by atoms with E-state index in [9.17, 15) is 9.59 Å². The predicted molar refractivity (Wildman–Crippen MR) is 80.5 cm³/mol. The van der Waals surface area contributed by atoms with Gasteiger partial charge in [0.2, 0.25) is 0 Å². The Morgan fingerprint density at radius 3 is 2.33 bits per heavy atom. The summed E-state index contributed by atoms with van der Waals surface area (Å²) in [5, 5.41) is 8.79. The number of hydrogen-bond donors (Lipinski definition) is 1. The summed E-state index contributed by atoms with van der Waals surface area (Å²) in [7, 11) is 0. The van der Waals surface area contributed by atoms with Gasteiger partial charge < -0.3 is 14.7 Å². The van der Waals surface area contributed by atoms with Crippen LogP contribution in [0.4, 0.5) is 0 Å². The molecule has 5 heteroatoms. The number of rotatable bonds is 8. The first-order chi connectivity index (χ1) is 9.93. The van der Waals surface area contributed by atoms with Gasteiger partial charge in [0.1, 0.15) is 12.3 Å². The molecule has 0 saturated heterocycles. The van der Waals surface area contributed by atoms with Crippen LogP contribution in [0.1, 0.15) is 38.7 Å². The molecule has 0 atom stereocenters. The van der Waals surface area contributed by atoms with Crippen molar-refractivity contribution in [2.45, 2.75) is 33.1 Å². The van der Waals surface area contributed by atoms with Crippen molar-refractivity contribution in [3.63, 3.8) is 0 Å². The zero-order chi connectivity index (χ0) is 15.8. The second-order valence-corrected chi connectivity index (χ2v) is 5.22. The molecule has 0 aliphatic rings. The van der Waals surface area contributed by atoms with E-state index in [4.69, 9.17) is 9.84 Å². The Morgan fingerprint density at radius 2 is 1.86 bits per heavy atom. The van der Waals surface area contributed by atoms with Gasteiger partial charge in [-0.25, -0.2) is 0 Å². The number of ether oxygens (including phenoxy) is 1. The molecule has 5 nitrogen and oxygen atoms in total. The molecule has 0 aliphatic carbocycles. The van der Waals surface area contributed by atoms with Crippen LogP contribution >= 0.6 is 0 Å². The van der Waals surface area contributed by atoms with Gasteiger partial charge in [0, 0.05) is 6.54 Å². The Bertz CT molecular complexity index is 468. The maximum atomic E-state index is 12.0. The van der Waals surface area contributed by atoms with Crippen molar-refractivity contribution in [3.8, 4) is 5.75 Å². The van der Waals surface area contributed by atoms with Crippen molar-refractivity contribution in [1.82, 2.24) is 4.90 Å². The average molecular weight is 293 g/mol. The molecular formula is C16H23NO4. The number of carboxylic acids is 1. The largest absolute Gasteiger partial charge is 0.484 e. The fraction of sp³-hybridized carbons (Fsp3) is 0.500. The molecule has 116 valence electrons. The van der Waals surface area contributed by atoms with Crippen LogP contribution in [0.3, 0.4) is 0 Å². The summed E-state index contributed by atoms with van der Waals surface area (Å²) in [5.74, 6) is -0.277. The molecule has 0 unspecified atom stereocenters. The van der Waals surface area contributed by atoms with Gasteiger partial charge >= 0.3 is 5.97 Å². The van der Waals surface area contributed by atoms with E-state index in [1.807, 2.05) is 31.2 Å². The van der Waals surface area contributed by atoms with Crippen LogP contribution in [-0.4, -0.2) is 41.6 Å². The van der Waals surface area contributed by atoms with Crippen LogP contribution in [-0.2, 0) is 9.59 Å². The highest BCUT2D eigenvalue weighted by atomic mass is 16.5. The lowest BCUT2D eigenvalue weighted by molar-refractivity contribution is -0.145. The van der Waals surface area contributed by atoms with E-state index in [1.54, 1.807) is 0 Å². The van der Waals surface area contributed by atoms with E-state index in [-0.39, 0.29) is 19.1 Å². The number of aliphatic carboxylic acids is 1. The molecule has 0 heterocycles. The second kappa shape index (κ2) is 8.29. The van der Waals surface area contributed by atoms with Gasteiger partial charge in [0.25, 0.3) is 5.91 Å². The Morgan fingerprint density at radius 1 is 1.24 bits per heavy atom. The number of nitrogens with zero attached hydrogens (tertiary/aromatic N) is 1. The molecule has 1 aromatic rings. The lowest BCUT2D eigenvalue weighted by Crippen LogP contribution is -2.39. The summed E-state index contributed by atoms with van der Waals surface area (Å²) in [6, 6.07) is 7.57. The quantitative estimate of drug-likeness (QED) is 0.799. The molecule has 1 rings (SSSR count). The van der Waals surface area contributed by atoms with Crippen molar-refractivity contribution < 1.29 is 19.4 Å². The number of hydrogen-bond acceptors (Lipinski definition) is 3.